The highest BCUT2D eigenvalue weighted by Crippen LogP contribution is 2.25. The summed E-state index contributed by atoms with van der Waals surface area (Å²) < 4.78 is 37.6. The second-order valence-electron chi connectivity index (χ2n) is 5.81. The van der Waals surface area contributed by atoms with E-state index in [-0.39, 0.29) is 11.4 Å². The summed E-state index contributed by atoms with van der Waals surface area (Å²) in [7, 11) is 0. The minimum absolute atomic E-state index is 0.0391. The molecule has 6 nitrogen and oxygen atoms in total. The molecule has 1 aliphatic heterocycles. The molecule has 3 heterocycles. The van der Waals surface area contributed by atoms with Crippen LogP contribution in [0.1, 0.15) is 22.5 Å². The lowest BCUT2D eigenvalue weighted by Crippen LogP contribution is -2.54. The molecule has 26 heavy (non-hydrogen) atoms. The first kappa shape index (κ1) is 18.3. The number of carbonyl (C=O) groups excluding carboxylic acids is 2. The van der Waals surface area contributed by atoms with E-state index in [4.69, 9.17) is 0 Å². The van der Waals surface area contributed by atoms with Crippen molar-refractivity contribution in [1.29, 1.82) is 0 Å². The summed E-state index contributed by atoms with van der Waals surface area (Å²) in [6.45, 7) is -1.26. The summed E-state index contributed by atoms with van der Waals surface area (Å²) in [5.74, 6) is -1.23. The summed E-state index contributed by atoms with van der Waals surface area (Å²) in [6, 6.07) is 2.55. The largest absolute Gasteiger partial charge is 0.406 e. The number of nitrogens with one attached hydrogen (secondary N) is 1. The van der Waals surface area contributed by atoms with Gasteiger partial charge in [0.2, 0.25) is 5.91 Å². The topological polar surface area (TPSA) is 75.2 Å². The van der Waals surface area contributed by atoms with Crippen LogP contribution in [0.15, 0.2) is 30.7 Å². The predicted molar refractivity (Wildman–Crippen MR) is 88.5 cm³/mol. The molecule has 0 aliphatic carbocycles. The van der Waals surface area contributed by atoms with Crippen molar-refractivity contribution in [2.45, 2.75) is 25.1 Å². The van der Waals surface area contributed by atoms with Crippen molar-refractivity contribution in [3.63, 3.8) is 0 Å². The minimum Gasteiger partial charge on any atom is -0.339 e. The first-order chi connectivity index (χ1) is 12.3. The van der Waals surface area contributed by atoms with Gasteiger partial charge in [-0.1, -0.05) is 0 Å². The molecule has 10 heteroatoms. The Kier molecular flexibility index (Phi) is 5.21. The smallest absolute Gasteiger partial charge is 0.339 e. The second-order valence-corrected chi connectivity index (χ2v) is 6.84. The van der Waals surface area contributed by atoms with E-state index >= 15 is 0 Å². The maximum Gasteiger partial charge on any atom is 0.406 e. The Morgan fingerprint density at radius 1 is 1.35 bits per heavy atom. The third kappa shape index (κ3) is 4.37. The van der Waals surface area contributed by atoms with Crippen molar-refractivity contribution in [3.05, 3.63) is 35.6 Å². The van der Waals surface area contributed by atoms with Crippen LogP contribution in [0, 0.1) is 0 Å². The summed E-state index contributed by atoms with van der Waals surface area (Å²) >= 11 is 1.14. The first-order valence-corrected chi connectivity index (χ1v) is 8.68. The molecule has 0 spiro atoms. The summed E-state index contributed by atoms with van der Waals surface area (Å²) in [4.78, 5) is 33.6. The SMILES string of the molecule is O=C(NC1CCCN(CC(F)(F)F)C1=O)c1cnc(-c2ccncc2)s1. The van der Waals surface area contributed by atoms with Crippen LogP contribution >= 0.6 is 11.3 Å². The van der Waals surface area contributed by atoms with Gasteiger partial charge >= 0.3 is 6.18 Å². The Morgan fingerprint density at radius 2 is 2.08 bits per heavy atom. The van der Waals surface area contributed by atoms with Crippen LogP contribution in [-0.4, -0.2) is 52.0 Å². The van der Waals surface area contributed by atoms with Crippen LogP contribution in [0.25, 0.3) is 10.6 Å². The highest BCUT2D eigenvalue weighted by Gasteiger charge is 2.38. The molecular formula is C16H15F3N4O2S. The lowest BCUT2D eigenvalue weighted by Gasteiger charge is -2.32. The number of hydrogen-bond donors (Lipinski definition) is 1. The average molecular weight is 384 g/mol. The molecule has 138 valence electrons. The lowest BCUT2D eigenvalue weighted by atomic mass is 10.0. The molecule has 0 bridgehead atoms. The van der Waals surface area contributed by atoms with Crippen LogP contribution in [-0.2, 0) is 4.79 Å². The zero-order valence-electron chi connectivity index (χ0n) is 13.5. The number of hydrogen-bond acceptors (Lipinski definition) is 5. The van der Waals surface area contributed by atoms with E-state index in [1.807, 2.05) is 0 Å². The van der Waals surface area contributed by atoms with E-state index in [1.54, 1.807) is 24.5 Å². The predicted octanol–water partition coefficient (Wildman–Crippen LogP) is 2.49. The van der Waals surface area contributed by atoms with Crippen molar-refractivity contribution in [2.75, 3.05) is 13.1 Å². The van der Waals surface area contributed by atoms with Gasteiger partial charge in [0.15, 0.2) is 0 Å². The third-order valence-corrected chi connectivity index (χ3v) is 4.91. The highest BCUT2D eigenvalue weighted by molar-refractivity contribution is 7.16. The Bertz CT molecular complexity index is 794. The lowest BCUT2D eigenvalue weighted by molar-refractivity contribution is -0.164. The number of piperidine rings is 1. The van der Waals surface area contributed by atoms with Gasteiger partial charge in [0.1, 0.15) is 22.5 Å². The van der Waals surface area contributed by atoms with Gasteiger partial charge in [-0.3, -0.25) is 14.6 Å². The molecular weight excluding hydrogens is 369 g/mol. The Morgan fingerprint density at radius 3 is 2.77 bits per heavy atom. The fourth-order valence-electron chi connectivity index (χ4n) is 2.68. The second kappa shape index (κ2) is 7.40. The minimum atomic E-state index is -4.46. The first-order valence-electron chi connectivity index (χ1n) is 7.86. The van der Waals surface area contributed by atoms with Crippen LogP contribution in [0.5, 0.6) is 0 Å². The van der Waals surface area contributed by atoms with Gasteiger partial charge < -0.3 is 10.2 Å². The number of aromatic nitrogens is 2. The Labute approximate surface area is 151 Å². The summed E-state index contributed by atoms with van der Waals surface area (Å²) in [5, 5.41) is 3.14. The Hall–Kier alpha value is -2.49. The number of halogens is 3. The highest BCUT2D eigenvalue weighted by atomic mass is 32.1. The maximum absolute atomic E-state index is 12.5. The summed E-state index contributed by atoms with van der Waals surface area (Å²) in [5.41, 5.74) is 0.800. The van der Waals surface area contributed by atoms with Gasteiger partial charge in [0.25, 0.3) is 5.91 Å². The normalized spacial score (nSPS) is 18.0. The standard InChI is InChI=1S/C16H15F3N4O2S/c17-16(18,19)9-23-7-1-2-11(15(23)25)22-13(24)12-8-21-14(26-12)10-3-5-20-6-4-10/h3-6,8,11H,1-2,7,9H2,(H,22,24). The molecule has 1 N–H and O–H groups in total. The molecule has 3 rings (SSSR count). The van der Waals surface area contributed by atoms with Crippen molar-refractivity contribution < 1.29 is 22.8 Å². The van der Waals surface area contributed by atoms with E-state index in [0.717, 1.165) is 21.8 Å². The van der Waals surface area contributed by atoms with Crippen molar-refractivity contribution in [1.82, 2.24) is 20.2 Å². The average Bonchev–Trinajstić information content (AvgIpc) is 3.08. The number of carbonyl (C=O) groups is 2. The Balaban J connectivity index is 1.66. The van der Waals surface area contributed by atoms with Gasteiger partial charge in [0.05, 0.1) is 6.20 Å². The maximum atomic E-state index is 12.5. The number of pyridine rings is 1. The molecule has 0 radical (unpaired) electrons. The fourth-order valence-corrected chi connectivity index (χ4v) is 3.51. The number of rotatable bonds is 4. The molecule has 1 atom stereocenters. The molecule has 1 saturated heterocycles. The quantitative estimate of drug-likeness (QED) is 0.879. The van der Waals surface area contributed by atoms with Gasteiger partial charge in [-0.15, -0.1) is 11.3 Å². The molecule has 0 saturated carbocycles. The molecule has 2 aromatic heterocycles. The molecule has 1 unspecified atom stereocenters. The van der Waals surface area contributed by atoms with Crippen molar-refractivity contribution in [2.24, 2.45) is 0 Å². The van der Waals surface area contributed by atoms with E-state index in [2.05, 4.69) is 15.3 Å². The number of amides is 2. The molecule has 1 aliphatic rings. The van der Waals surface area contributed by atoms with Crippen LogP contribution < -0.4 is 5.32 Å². The zero-order chi connectivity index (χ0) is 18.7. The van der Waals surface area contributed by atoms with E-state index in [1.165, 1.54) is 6.20 Å². The van der Waals surface area contributed by atoms with Gasteiger partial charge in [-0.25, -0.2) is 4.98 Å². The summed E-state index contributed by atoms with van der Waals surface area (Å²) in [6.07, 6.45) is 0.848. The number of thiazole rings is 1. The number of alkyl halides is 3. The van der Waals surface area contributed by atoms with Crippen molar-refractivity contribution >= 4 is 23.2 Å². The van der Waals surface area contributed by atoms with E-state index in [9.17, 15) is 22.8 Å². The molecule has 2 aromatic rings. The molecule has 1 fully saturated rings. The molecule has 0 aromatic carbocycles. The number of nitrogens with zero attached hydrogens (tertiary/aromatic N) is 3. The van der Waals surface area contributed by atoms with Crippen LogP contribution in [0.3, 0.4) is 0 Å². The van der Waals surface area contributed by atoms with E-state index < -0.39 is 30.6 Å². The van der Waals surface area contributed by atoms with Gasteiger partial charge in [0, 0.05) is 24.5 Å². The zero-order valence-corrected chi connectivity index (χ0v) is 14.3. The van der Waals surface area contributed by atoms with E-state index in [0.29, 0.717) is 17.8 Å². The van der Waals surface area contributed by atoms with Crippen LogP contribution in [0.4, 0.5) is 13.2 Å². The number of likely N-dealkylation sites (tertiary alicyclic amines) is 1. The monoisotopic (exact) mass is 384 g/mol. The molecule has 2 amide bonds. The van der Waals surface area contributed by atoms with Crippen molar-refractivity contribution in [3.8, 4) is 10.6 Å². The third-order valence-electron chi connectivity index (χ3n) is 3.86. The fraction of sp³-hybridized carbons (Fsp3) is 0.375. The van der Waals surface area contributed by atoms with Crippen LogP contribution in [0.2, 0.25) is 0 Å². The van der Waals surface area contributed by atoms with Gasteiger partial charge in [-0.2, -0.15) is 13.2 Å². The van der Waals surface area contributed by atoms with Gasteiger partial charge in [-0.05, 0) is 25.0 Å².